The predicted octanol–water partition coefficient (Wildman–Crippen LogP) is 1.65. The largest absolute Gasteiger partial charge is 0.381 e. The molecule has 5 nitrogen and oxygen atoms in total. The molecule has 0 radical (unpaired) electrons. The second-order valence-corrected chi connectivity index (χ2v) is 4.43. The number of carbonyl (C=O) groups is 1. The number of anilines is 1. The number of nitrogens with one attached hydrogen (secondary N) is 1. The van der Waals surface area contributed by atoms with Crippen LogP contribution in [0.3, 0.4) is 0 Å². The summed E-state index contributed by atoms with van der Waals surface area (Å²) in [6.45, 7) is 2.76. The van der Waals surface area contributed by atoms with Crippen molar-refractivity contribution < 1.29 is 9.53 Å². The molecule has 1 amide bonds. The normalized spacial score (nSPS) is 17.8. The molecule has 1 aliphatic rings. The van der Waals surface area contributed by atoms with Crippen LogP contribution in [0.4, 0.5) is 5.82 Å². The van der Waals surface area contributed by atoms with Gasteiger partial charge in [0.05, 0.1) is 6.07 Å². The Kier molecular flexibility index (Phi) is 3.58. The van der Waals surface area contributed by atoms with Crippen molar-refractivity contribution >= 4 is 11.7 Å². The predicted molar refractivity (Wildman–Crippen MR) is 65.7 cm³/mol. The van der Waals surface area contributed by atoms with Gasteiger partial charge >= 0.3 is 0 Å². The third-order valence-corrected chi connectivity index (χ3v) is 3.24. The molecule has 0 saturated carbocycles. The molecular weight excluding hydrogens is 230 g/mol. The standard InChI is InChI=1S/C13H15N3O2/c1-10-3-2-6-15-11(10)16-12(17)13(9-14)4-7-18-8-5-13/h2-3,6H,4-5,7-8H2,1H3,(H,15,16,17). The van der Waals surface area contributed by atoms with Crippen LogP contribution in [0.5, 0.6) is 0 Å². The number of nitrogens with zero attached hydrogens (tertiary/aromatic N) is 2. The highest BCUT2D eigenvalue weighted by Crippen LogP contribution is 2.31. The molecule has 94 valence electrons. The van der Waals surface area contributed by atoms with Gasteiger partial charge in [0.25, 0.3) is 0 Å². The fourth-order valence-electron chi connectivity index (χ4n) is 1.95. The Hall–Kier alpha value is -1.93. The molecule has 1 fully saturated rings. The summed E-state index contributed by atoms with van der Waals surface area (Å²) in [6.07, 6.45) is 2.48. The molecule has 2 heterocycles. The third kappa shape index (κ3) is 2.34. The van der Waals surface area contributed by atoms with E-state index in [1.807, 2.05) is 13.0 Å². The van der Waals surface area contributed by atoms with Crippen LogP contribution in [0, 0.1) is 23.7 Å². The van der Waals surface area contributed by atoms with Crippen LogP contribution < -0.4 is 5.32 Å². The van der Waals surface area contributed by atoms with E-state index in [0.717, 1.165) is 5.56 Å². The Balaban J connectivity index is 2.16. The number of aromatic nitrogens is 1. The number of pyridine rings is 1. The minimum absolute atomic E-state index is 0.282. The highest BCUT2D eigenvalue weighted by atomic mass is 16.5. The molecular formula is C13H15N3O2. The molecule has 1 aromatic rings. The third-order valence-electron chi connectivity index (χ3n) is 3.24. The van der Waals surface area contributed by atoms with Gasteiger partial charge in [0.2, 0.25) is 5.91 Å². The first-order valence-electron chi connectivity index (χ1n) is 5.90. The molecule has 1 aliphatic heterocycles. The Morgan fingerprint density at radius 3 is 2.89 bits per heavy atom. The zero-order chi connectivity index (χ0) is 13.0. The fourth-order valence-corrected chi connectivity index (χ4v) is 1.95. The average molecular weight is 245 g/mol. The van der Waals surface area contributed by atoms with Crippen LogP contribution in [0.2, 0.25) is 0 Å². The molecule has 1 aromatic heterocycles. The summed E-state index contributed by atoms with van der Waals surface area (Å²) >= 11 is 0. The Morgan fingerprint density at radius 2 is 2.28 bits per heavy atom. The Bertz CT molecular complexity index is 487. The van der Waals surface area contributed by atoms with Crippen molar-refractivity contribution in [2.75, 3.05) is 18.5 Å². The van der Waals surface area contributed by atoms with Crippen molar-refractivity contribution in [3.05, 3.63) is 23.9 Å². The van der Waals surface area contributed by atoms with Gasteiger partial charge in [-0.25, -0.2) is 4.98 Å². The average Bonchev–Trinajstić information content (AvgIpc) is 2.42. The molecule has 0 bridgehead atoms. The summed E-state index contributed by atoms with van der Waals surface area (Å²) in [6, 6.07) is 5.81. The minimum Gasteiger partial charge on any atom is -0.381 e. The number of aryl methyl sites for hydroxylation is 1. The summed E-state index contributed by atoms with van der Waals surface area (Å²) in [7, 11) is 0. The van der Waals surface area contributed by atoms with Crippen LogP contribution in [-0.4, -0.2) is 24.1 Å². The molecule has 5 heteroatoms. The zero-order valence-corrected chi connectivity index (χ0v) is 10.3. The SMILES string of the molecule is Cc1cccnc1NC(=O)C1(C#N)CCOCC1. The van der Waals surface area contributed by atoms with E-state index in [4.69, 9.17) is 4.74 Å². The van der Waals surface area contributed by atoms with Gasteiger partial charge in [-0.2, -0.15) is 5.26 Å². The van der Waals surface area contributed by atoms with Gasteiger partial charge < -0.3 is 10.1 Å². The molecule has 0 spiro atoms. The van der Waals surface area contributed by atoms with E-state index in [9.17, 15) is 10.1 Å². The molecule has 0 aliphatic carbocycles. The van der Waals surface area contributed by atoms with E-state index >= 15 is 0 Å². The summed E-state index contributed by atoms with van der Waals surface area (Å²) in [5.74, 6) is 0.235. The lowest BCUT2D eigenvalue weighted by Crippen LogP contribution is -2.40. The molecule has 2 rings (SSSR count). The van der Waals surface area contributed by atoms with Crippen molar-refractivity contribution in [3.63, 3.8) is 0 Å². The lowest BCUT2D eigenvalue weighted by atomic mass is 9.81. The van der Waals surface area contributed by atoms with Crippen molar-refractivity contribution in [1.82, 2.24) is 4.98 Å². The van der Waals surface area contributed by atoms with Crippen LogP contribution in [0.15, 0.2) is 18.3 Å². The summed E-state index contributed by atoms with van der Waals surface area (Å²) in [4.78, 5) is 16.3. The van der Waals surface area contributed by atoms with Crippen molar-refractivity contribution in [1.29, 1.82) is 5.26 Å². The van der Waals surface area contributed by atoms with E-state index in [1.54, 1.807) is 12.3 Å². The number of hydrogen-bond acceptors (Lipinski definition) is 4. The zero-order valence-electron chi connectivity index (χ0n) is 10.3. The van der Waals surface area contributed by atoms with Crippen LogP contribution in [0.25, 0.3) is 0 Å². The second kappa shape index (κ2) is 5.15. The fraction of sp³-hybridized carbons (Fsp3) is 0.462. The van der Waals surface area contributed by atoms with Gasteiger partial charge in [0.15, 0.2) is 0 Å². The highest BCUT2D eigenvalue weighted by Gasteiger charge is 2.40. The summed E-state index contributed by atoms with van der Waals surface area (Å²) in [5, 5.41) is 12.0. The van der Waals surface area contributed by atoms with Gasteiger partial charge in [-0.1, -0.05) is 6.07 Å². The quantitative estimate of drug-likeness (QED) is 0.859. The van der Waals surface area contributed by atoms with E-state index in [0.29, 0.717) is 31.9 Å². The van der Waals surface area contributed by atoms with Crippen LogP contribution >= 0.6 is 0 Å². The molecule has 0 atom stereocenters. The van der Waals surface area contributed by atoms with Crippen molar-refractivity contribution in [3.8, 4) is 6.07 Å². The first-order valence-corrected chi connectivity index (χ1v) is 5.90. The van der Waals surface area contributed by atoms with Crippen LogP contribution in [-0.2, 0) is 9.53 Å². The van der Waals surface area contributed by atoms with E-state index in [-0.39, 0.29) is 5.91 Å². The van der Waals surface area contributed by atoms with Gasteiger partial charge in [-0.3, -0.25) is 4.79 Å². The number of amides is 1. The number of ether oxygens (including phenoxy) is 1. The number of hydrogen-bond donors (Lipinski definition) is 1. The first-order chi connectivity index (χ1) is 8.68. The van der Waals surface area contributed by atoms with Gasteiger partial charge in [-0.05, 0) is 31.4 Å². The van der Waals surface area contributed by atoms with Gasteiger partial charge in [-0.15, -0.1) is 0 Å². The number of nitriles is 1. The number of carbonyl (C=O) groups excluding carboxylic acids is 1. The van der Waals surface area contributed by atoms with Gasteiger partial charge in [0, 0.05) is 19.4 Å². The lowest BCUT2D eigenvalue weighted by Gasteiger charge is -2.29. The monoisotopic (exact) mass is 245 g/mol. The number of rotatable bonds is 2. The lowest BCUT2D eigenvalue weighted by molar-refractivity contribution is -0.126. The van der Waals surface area contributed by atoms with Crippen molar-refractivity contribution in [2.45, 2.75) is 19.8 Å². The van der Waals surface area contributed by atoms with E-state index in [1.165, 1.54) is 0 Å². The van der Waals surface area contributed by atoms with E-state index < -0.39 is 5.41 Å². The topological polar surface area (TPSA) is 75.0 Å². The highest BCUT2D eigenvalue weighted by molar-refractivity contribution is 5.97. The molecule has 0 unspecified atom stereocenters. The minimum atomic E-state index is -0.984. The summed E-state index contributed by atoms with van der Waals surface area (Å²) in [5.41, 5.74) is -0.103. The molecule has 1 saturated heterocycles. The molecule has 0 aromatic carbocycles. The smallest absolute Gasteiger partial charge is 0.246 e. The first kappa shape index (κ1) is 12.5. The van der Waals surface area contributed by atoms with Crippen LogP contribution in [0.1, 0.15) is 18.4 Å². The second-order valence-electron chi connectivity index (χ2n) is 4.43. The molecule has 1 N–H and O–H groups in total. The Labute approximate surface area is 106 Å². The summed E-state index contributed by atoms with van der Waals surface area (Å²) < 4.78 is 5.20. The van der Waals surface area contributed by atoms with Gasteiger partial charge in [0.1, 0.15) is 11.2 Å². The van der Waals surface area contributed by atoms with E-state index in [2.05, 4.69) is 16.4 Å². The van der Waals surface area contributed by atoms with Crippen molar-refractivity contribution in [2.24, 2.45) is 5.41 Å². The Morgan fingerprint density at radius 1 is 1.56 bits per heavy atom. The maximum absolute atomic E-state index is 12.2. The maximum Gasteiger partial charge on any atom is 0.246 e. The molecule has 18 heavy (non-hydrogen) atoms. The maximum atomic E-state index is 12.2.